The van der Waals surface area contributed by atoms with Gasteiger partial charge < -0.3 is 19.8 Å². The van der Waals surface area contributed by atoms with Crippen molar-refractivity contribution in [3.05, 3.63) is 33.0 Å². The third kappa shape index (κ3) is 6.45. The first-order valence-corrected chi connectivity index (χ1v) is 12.0. The van der Waals surface area contributed by atoms with E-state index in [4.69, 9.17) is 9.47 Å². The number of ether oxygens (including phenoxy) is 2. The zero-order valence-electron chi connectivity index (χ0n) is 19.9. The molecular formula is C24H36N4O5. The summed E-state index contributed by atoms with van der Waals surface area (Å²) < 4.78 is 12.2. The second kappa shape index (κ2) is 12.0. The molecule has 0 bridgehead atoms. The monoisotopic (exact) mass is 460 g/mol. The van der Waals surface area contributed by atoms with E-state index in [9.17, 15) is 14.4 Å². The van der Waals surface area contributed by atoms with Crippen molar-refractivity contribution >= 4 is 16.7 Å². The smallest absolute Gasteiger partial charge is 0.328 e. The van der Waals surface area contributed by atoms with Crippen molar-refractivity contribution in [3.8, 4) is 11.5 Å². The third-order valence-corrected chi connectivity index (χ3v) is 6.10. The summed E-state index contributed by atoms with van der Waals surface area (Å²) in [7, 11) is 0. The number of aromatic amines is 1. The van der Waals surface area contributed by atoms with Crippen LogP contribution in [0.25, 0.3) is 10.9 Å². The summed E-state index contributed by atoms with van der Waals surface area (Å²) in [6, 6.07) is 3.79. The number of fused-ring (bicyclic) bond motifs is 1. The largest absolute Gasteiger partial charge is 0.490 e. The van der Waals surface area contributed by atoms with Gasteiger partial charge in [0, 0.05) is 38.2 Å². The number of carbonyl (C=O) groups excluding carboxylic acids is 1. The minimum absolute atomic E-state index is 0.0326. The van der Waals surface area contributed by atoms with E-state index in [2.05, 4.69) is 22.1 Å². The Morgan fingerprint density at radius 2 is 1.85 bits per heavy atom. The number of Topliss-reactive ketones (excluding diaryl/α,β-unsaturated/α-hetero) is 1. The van der Waals surface area contributed by atoms with Crippen LogP contribution in [0, 0.1) is 0 Å². The Hall–Kier alpha value is -2.65. The molecule has 33 heavy (non-hydrogen) atoms. The number of H-pyrrole nitrogens is 1. The van der Waals surface area contributed by atoms with Gasteiger partial charge >= 0.3 is 5.69 Å². The number of benzene rings is 1. The molecule has 0 amide bonds. The molecule has 1 atom stereocenters. The minimum Gasteiger partial charge on any atom is -0.490 e. The Kier molecular flexibility index (Phi) is 9.08. The quantitative estimate of drug-likeness (QED) is 0.466. The van der Waals surface area contributed by atoms with Crippen molar-refractivity contribution in [2.24, 2.45) is 0 Å². The lowest BCUT2D eigenvalue weighted by atomic mass is 10.0. The van der Waals surface area contributed by atoms with E-state index >= 15 is 0 Å². The second-order valence-corrected chi connectivity index (χ2v) is 8.44. The molecule has 9 nitrogen and oxygen atoms in total. The zero-order chi connectivity index (χ0) is 23.8. The molecule has 1 aliphatic heterocycles. The van der Waals surface area contributed by atoms with Crippen molar-refractivity contribution in [1.82, 2.24) is 19.8 Å². The molecule has 1 aromatic heterocycles. The van der Waals surface area contributed by atoms with Crippen LogP contribution in [0.3, 0.4) is 0 Å². The highest BCUT2D eigenvalue weighted by atomic mass is 16.5. The number of carbonyl (C=O) groups is 1. The Morgan fingerprint density at radius 3 is 2.55 bits per heavy atom. The van der Waals surface area contributed by atoms with Crippen LogP contribution in [0.2, 0.25) is 0 Å². The van der Waals surface area contributed by atoms with Crippen molar-refractivity contribution in [2.45, 2.75) is 59.0 Å². The van der Waals surface area contributed by atoms with E-state index in [1.807, 2.05) is 13.8 Å². The van der Waals surface area contributed by atoms with Crippen LogP contribution in [0.15, 0.2) is 21.7 Å². The molecule has 0 saturated carbocycles. The van der Waals surface area contributed by atoms with Gasteiger partial charge in [-0.15, -0.1) is 0 Å². The molecule has 1 fully saturated rings. The number of hydrogen-bond acceptors (Lipinski definition) is 7. The van der Waals surface area contributed by atoms with E-state index in [-0.39, 0.29) is 25.3 Å². The first-order chi connectivity index (χ1) is 15.9. The van der Waals surface area contributed by atoms with Crippen LogP contribution >= 0.6 is 0 Å². The van der Waals surface area contributed by atoms with Crippen molar-refractivity contribution in [2.75, 3.05) is 39.4 Å². The van der Waals surface area contributed by atoms with E-state index in [0.29, 0.717) is 41.7 Å². The van der Waals surface area contributed by atoms with E-state index in [1.165, 1.54) is 19.3 Å². The van der Waals surface area contributed by atoms with Gasteiger partial charge in [0.2, 0.25) is 0 Å². The molecule has 2 N–H and O–H groups in total. The molecule has 1 aromatic carbocycles. The topological polar surface area (TPSA) is 106 Å². The number of piperidine rings is 1. The average Bonchev–Trinajstić information content (AvgIpc) is 2.79. The molecule has 0 aliphatic carbocycles. The van der Waals surface area contributed by atoms with Gasteiger partial charge in [-0.3, -0.25) is 19.1 Å². The molecule has 1 saturated heterocycles. The molecule has 2 aromatic rings. The maximum atomic E-state index is 13.0. The molecule has 3 rings (SSSR count). The first kappa shape index (κ1) is 25.0. The summed E-state index contributed by atoms with van der Waals surface area (Å²) >= 11 is 0. The van der Waals surface area contributed by atoms with E-state index < -0.39 is 11.2 Å². The van der Waals surface area contributed by atoms with Gasteiger partial charge in [-0.2, -0.15) is 0 Å². The van der Waals surface area contributed by atoms with Crippen LogP contribution in [0.5, 0.6) is 11.5 Å². The predicted octanol–water partition coefficient (Wildman–Crippen LogP) is 1.91. The molecule has 1 aliphatic rings. The van der Waals surface area contributed by atoms with Crippen molar-refractivity contribution in [1.29, 1.82) is 0 Å². The number of likely N-dealkylation sites (tertiary alicyclic amines) is 1. The molecule has 0 spiro atoms. The summed E-state index contributed by atoms with van der Waals surface area (Å²) in [4.78, 5) is 43.0. The molecule has 9 heteroatoms. The fraction of sp³-hybridized carbons (Fsp3) is 0.625. The molecule has 2 heterocycles. The fourth-order valence-corrected chi connectivity index (χ4v) is 4.27. The second-order valence-electron chi connectivity index (χ2n) is 8.44. The van der Waals surface area contributed by atoms with Gasteiger partial charge in [-0.05, 0) is 46.2 Å². The van der Waals surface area contributed by atoms with E-state index in [1.54, 1.807) is 12.1 Å². The van der Waals surface area contributed by atoms with Crippen LogP contribution in [-0.2, 0) is 11.3 Å². The summed E-state index contributed by atoms with van der Waals surface area (Å²) in [5, 5.41) is 3.51. The normalized spacial score (nSPS) is 16.8. The number of nitrogens with zero attached hydrogens (tertiary/aromatic N) is 2. The van der Waals surface area contributed by atoms with Crippen LogP contribution in [0.4, 0.5) is 0 Å². The highest BCUT2D eigenvalue weighted by Gasteiger charge is 2.17. The number of hydrogen-bond donors (Lipinski definition) is 2. The van der Waals surface area contributed by atoms with Gasteiger partial charge in [0.05, 0.1) is 30.7 Å². The Morgan fingerprint density at radius 1 is 1.12 bits per heavy atom. The fourth-order valence-electron chi connectivity index (χ4n) is 4.27. The number of rotatable bonds is 12. The summed E-state index contributed by atoms with van der Waals surface area (Å²) in [6.45, 7) is 9.83. The molecule has 182 valence electrons. The SMILES string of the molecule is CCOc1cc2[nH]c(=O)n(CCC(=O)CNCCN3CCCCC3C)c(=O)c2cc1OCC. The molecule has 0 radical (unpaired) electrons. The average molecular weight is 461 g/mol. The Bertz CT molecular complexity index is 1060. The lowest BCUT2D eigenvalue weighted by Gasteiger charge is -2.33. The van der Waals surface area contributed by atoms with Gasteiger partial charge in [0.25, 0.3) is 5.56 Å². The van der Waals surface area contributed by atoms with Crippen LogP contribution < -0.4 is 26.0 Å². The lowest BCUT2D eigenvalue weighted by molar-refractivity contribution is -0.118. The van der Waals surface area contributed by atoms with Gasteiger partial charge in [0.1, 0.15) is 5.78 Å². The summed E-state index contributed by atoms with van der Waals surface area (Å²) in [5.41, 5.74) is -0.607. The first-order valence-electron chi connectivity index (χ1n) is 12.0. The maximum absolute atomic E-state index is 13.0. The highest BCUT2D eigenvalue weighted by molar-refractivity contribution is 5.82. The van der Waals surface area contributed by atoms with Crippen molar-refractivity contribution < 1.29 is 14.3 Å². The Labute approximate surface area is 194 Å². The van der Waals surface area contributed by atoms with Crippen LogP contribution in [-0.4, -0.2) is 65.7 Å². The van der Waals surface area contributed by atoms with Crippen LogP contribution in [0.1, 0.15) is 46.5 Å². The molecule has 1 unspecified atom stereocenters. The predicted molar refractivity (Wildman–Crippen MR) is 129 cm³/mol. The zero-order valence-corrected chi connectivity index (χ0v) is 19.9. The minimum atomic E-state index is -0.543. The number of ketones is 1. The number of aromatic nitrogens is 2. The summed E-state index contributed by atoms with van der Waals surface area (Å²) in [6.07, 6.45) is 3.86. The number of nitrogens with one attached hydrogen (secondary N) is 2. The Balaban J connectivity index is 1.61. The summed E-state index contributed by atoms with van der Waals surface area (Å²) in [5.74, 6) is 0.889. The highest BCUT2D eigenvalue weighted by Crippen LogP contribution is 2.30. The lowest BCUT2D eigenvalue weighted by Crippen LogP contribution is -2.42. The van der Waals surface area contributed by atoms with Gasteiger partial charge in [-0.1, -0.05) is 6.42 Å². The van der Waals surface area contributed by atoms with E-state index in [0.717, 1.165) is 24.2 Å². The van der Waals surface area contributed by atoms with Gasteiger partial charge in [-0.25, -0.2) is 4.79 Å². The standard InChI is InChI=1S/C24H36N4O5/c1-4-32-21-14-19-20(15-22(21)33-5-2)26-24(31)28(23(19)30)12-9-18(29)16-25-10-13-27-11-7-6-8-17(27)3/h14-15,17,25H,4-13,16H2,1-3H3,(H,26,31). The molecular weight excluding hydrogens is 424 g/mol. The maximum Gasteiger partial charge on any atom is 0.328 e. The van der Waals surface area contributed by atoms with Crippen molar-refractivity contribution in [3.63, 3.8) is 0 Å². The van der Waals surface area contributed by atoms with Gasteiger partial charge in [0.15, 0.2) is 11.5 Å². The third-order valence-electron chi connectivity index (χ3n) is 6.10.